The number of aromatic amines is 1. The van der Waals surface area contributed by atoms with E-state index in [0.29, 0.717) is 5.69 Å². The lowest BCUT2D eigenvalue weighted by atomic mass is 10.3. The molecule has 0 amide bonds. The van der Waals surface area contributed by atoms with Gasteiger partial charge in [-0.15, -0.1) is 11.3 Å². The van der Waals surface area contributed by atoms with Crippen LogP contribution in [0.25, 0.3) is 10.6 Å². The zero-order valence-corrected chi connectivity index (χ0v) is 9.06. The second-order valence-electron chi connectivity index (χ2n) is 2.77. The van der Waals surface area contributed by atoms with Gasteiger partial charge in [-0.2, -0.15) is 0 Å². The quantitative estimate of drug-likeness (QED) is 0.789. The van der Waals surface area contributed by atoms with Crippen molar-refractivity contribution in [2.24, 2.45) is 0 Å². The number of nitrogens with one attached hydrogen (secondary N) is 1. The topological polar surface area (TPSA) is 66.0 Å². The first kappa shape index (κ1) is 10.0. The van der Waals surface area contributed by atoms with E-state index in [0.717, 1.165) is 4.88 Å². The Balaban J connectivity index is 2.59. The number of carboxylic acid groups (broad SMARTS) is 1. The maximum Gasteiger partial charge on any atom is 0.354 e. The first-order valence-electron chi connectivity index (χ1n) is 4.05. The van der Waals surface area contributed by atoms with Crippen molar-refractivity contribution in [2.45, 2.75) is 0 Å². The molecule has 0 saturated carbocycles. The Hall–Kier alpha value is -1.53. The van der Waals surface area contributed by atoms with Crippen molar-refractivity contribution >= 4 is 29.5 Å². The lowest BCUT2D eigenvalue weighted by Crippen LogP contribution is -2.02. The molecule has 2 aromatic rings. The van der Waals surface area contributed by atoms with Crippen molar-refractivity contribution in [2.75, 3.05) is 0 Å². The summed E-state index contributed by atoms with van der Waals surface area (Å²) in [6.07, 6.45) is 0. The van der Waals surface area contributed by atoms with Gasteiger partial charge in [0.15, 0.2) is 10.5 Å². The van der Waals surface area contributed by atoms with E-state index in [1.165, 1.54) is 17.4 Å². The number of carbonyl (C=O) groups is 1. The van der Waals surface area contributed by atoms with Crippen LogP contribution in [0.5, 0.6) is 0 Å². The van der Waals surface area contributed by atoms with E-state index in [9.17, 15) is 4.79 Å². The van der Waals surface area contributed by atoms with Crippen molar-refractivity contribution in [3.05, 3.63) is 34.0 Å². The van der Waals surface area contributed by atoms with Crippen LogP contribution < -0.4 is 0 Å². The lowest BCUT2D eigenvalue weighted by Gasteiger charge is -1.99. The highest BCUT2D eigenvalue weighted by Crippen LogP contribution is 2.22. The molecule has 0 fully saturated rings. The van der Waals surface area contributed by atoms with Gasteiger partial charge >= 0.3 is 5.97 Å². The Labute approximate surface area is 94.2 Å². The smallest absolute Gasteiger partial charge is 0.354 e. The zero-order valence-electron chi connectivity index (χ0n) is 7.43. The molecule has 0 atom stereocenters. The van der Waals surface area contributed by atoms with Gasteiger partial charge in [0.25, 0.3) is 0 Å². The molecule has 0 bridgehead atoms. The predicted octanol–water partition coefficient (Wildman–Crippen LogP) is 2.57. The summed E-state index contributed by atoms with van der Waals surface area (Å²) in [7, 11) is 0. The Kier molecular flexibility index (Phi) is 2.61. The Bertz CT molecular complexity index is 545. The molecule has 0 radical (unpaired) electrons. The number of carboxylic acids is 1. The minimum atomic E-state index is -1.08. The normalized spacial score (nSPS) is 10.1. The summed E-state index contributed by atoms with van der Waals surface area (Å²) in [5.74, 6) is -1.08. The molecule has 4 nitrogen and oxygen atoms in total. The minimum absolute atomic E-state index is 0.0397. The van der Waals surface area contributed by atoms with Crippen LogP contribution in [0.1, 0.15) is 10.5 Å². The van der Waals surface area contributed by atoms with E-state index in [-0.39, 0.29) is 10.5 Å². The van der Waals surface area contributed by atoms with Gasteiger partial charge in [0.2, 0.25) is 0 Å². The van der Waals surface area contributed by atoms with Gasteiger partial charge in [0, 0.05) is 0 Å². The Morgan fingerprint density at radius 3 is 3.00 bits per heavy atom. The zero-order chi connectivity index (χ0) is 10.8. The molecule has 2 rings (SSSR count). The van der Waals surface area contributed by atoms with Gasteiger partial charge in [-0.25, -0.2) is 9.78 Å². The molecule has 0 aliphatic rings. The molecule has 2 N–H and O–H groups in total. The van der Waals surface area contributed by atoms with Crippen LogP contribution in [0.2, 0.25) is 0 Å². The maximum atomic E-state index is 10.8. The van der Waals surface area contributed by atoms with Gasteiger partial charge in [-0.3, -0.25) is 0 Å². The number of nitrogens with zero attached hydrogens (tertiary/aromatic N) is 1. The Morgan fingerprint density at radius 1 is 1.60 bits per heavy atom. The number of thiophene rings is 1. The van der Waals surface area contributed by atoms with E-state index >= 15 is 0 Å². The molecule has 0 aliphatic heterocycles. The van der Waals surface area contributed by atoms with E-state index in [1.54, 1.807) is 0 Å². The van der Waals surface area contributed by atoms with Crippen LogP contribution in [-0.4, -0.2) is 21.0 Å². The molecular weight excluding hydrogens is 232 g/mol. The lowest BCUT2D eigenvalue weighted by molar-refractivity contribution is 0.0690. The number of hydrogen-bond donors (Lipinski definition) is 2. The summed E-state index contributed by atoms with van der Waals surface area (Å²) in [6, 6.07) is 5.25. The fourth-order valence-corrected chi connectivity index (χ4v) is 2.04. The highest BCUT2D eigenvalue weighted by Gasteiger charge is 2.08. The van der Waals surface area contributed by atoms with Gasteiger partial charge in [-0.05, 0) is 29.7 Å². The van der Waals surface area contributed by atoms with Crippen LogP contribution in [0, 0.1) is 4.77 Å². The van der Waals surface area contributed by atoms with Crippen molar-refractivity contribution in [3.8, 4) is 10.6 Å². The molecular formula is C9H6N2O2S2. The van der Waals surface area contributed by atoms with Crippen LogP contribution in [-0.2, 0) is 0 Å². The van der Waals surface area contributed by atoms with Crippen molar-refractivity contribution < 1.29 is 9.90 Å². The van der Waals surface area contributed by atoms with E-state index < -0.39 is 5.97 Å². The fraction of sp³-hybridized carbons (Fsp3) is 0. The third-order valence-corrected chi connectivity index (χ3v) is 2.85. The van der Waals surface area contributed by atoms with Crippen LogP contribution in [0.15, 0.2) is 23.6 Å². The SMILES string of the molecule is O=C(O)c1cc(-c2cccs2)[nH]c(=S)n1. The third kappa shape index (κ3) is 2.11. The second-order valence-corrected chi connectivity index (χ2v) is 4.10. The molecule has 0 saturated heterocycles. The monoisotopic (exact) mass is 238 g/mol. The molecule has 0 aliphatic carbocycles. The molecule has 15 heavy (non-hydrogen) atoms. The number of aromatic carboxylic acids is 1. The molecule has 76 valence electrons. The molecule has 6 heteroatoms. The summed E-state index contributed by atoms with van der Waals surface area (Å²) in [6.45, 7) is 0. The Morgan fingerprint density at radius 2 is 2.40 bits per heavy atom. The molecule has 2 heterocycles. The van der Waals surface area contributed by atoms with E-state index in [2.05, 4.69) is 9.97 Å². The van der Waals surface area contributed by atoms with E-state index in [4.69, 9.17) is 17.3 Å². The average Bonchev–Trinajstić information content (AvgIpc) is 2.69. The summed E-state index contributed by atoms with van der Waals surface area (Å²) >= 11 is 6.36. The summed E-state index contributed by atoms with van der Waals surface area (Å²) in [4.78, 5) is 18.3. The number of hydrogen-bond acceptors (Lipinski definition) is 4. The fourth-order valence-electron chi connectivity index (χ4n) is 1.13. The third-order valence-electron chi connectivity index (χ3n) is 1.75. The van der Waals surface area contributed by atoms with E-state index in [1.807, 2.05) is 17.5 Å². The molecule has 2 aromatic heterocycles. The average molecular weight is 238 g/mol. The highest BCUT2D eigenvalue weighted by molar-refractivity contribution is 7.71. The van der Waals surface area contributed by atoms with Crippen molar-refractivity contribution in [3.63, 3.8) is 0 Å². The number of rotatable bonds is 2. The van der Waals surface area contributed by atoms with Gasteiger partial charge in [0.05, 0.1) is 10.6 Å². The second kappa shape index (κ2) is 3.92. The van der Waals surface area contributed by atoms with Crippen molar-refractivity contribution in [1.82, 2.24) is 9.97 Å². The van der Waals surface area contributed by atoms with Gasteiger partial charge < -0.3 is 10.1 Å². The van der Waals surface area contributed by atoms with Crippen LogP contribution in [0.4, 0.5) is 0 Å². The first-order chi connectivity index (χ1) is 7.16. The predicted molar refractivity (Wildman–Crippen MR) is 59.7 cm³/mol. The van der Waals surface area contributed by atoms with Crippen LogP contribution in [0.3, 0.4) is 0 Å². The summed E-state index contributed by atoms with van der Waals surface area (Å²) in [5, 5.41) is 10.7. The number of aromatic nitrogens is 2. The highest BCUT2D eigenvalue weighted by atomic mass is 32.1. The molecule has 0 unspecified atom stereocenters. The van der Waals surface area contributed by atoms with Gasteiger partial charge in [0.1, 0.15) is 0 Å². The molecule has 0 spiro atoms. The maximum absolute atomic E-state index is 10.8. The van der Waals surface area contributed by atoms with Crippen LogP contribution >= 0.6 is 23.6 Å². The number of H-pyrrole nitrogens is 1. The molecule has 0 aromatic carbocycles. The van der Waals surface area contributed by atoms with Gasteiger partial charge in [-0.1, -0.05) is 6.07 Å². The largest absolute Gasteiger partial charge is 0.477 e. The minimum Gasteiger partial charge on any atom is -0.477 e. The summed E-state index contributed by atoms with van der Waals surface area (Å²) in [5.41, 5.74) is 0.643. The summed E-state index contributed by atoms with van der Waals surface area (Å²) < 4.78 is 0.179. The van der Waals surface area contributed by atoms with Crippen molar-refractivity contribution in [1.29, 1.82) is 0 Å². The standard InChI is InChI=1S/C9H6N2O2S2/c12-8(13)6-4-5(10-9(14)11-6)7-2-1-3-15-7/h1-4H,(H,12,13)(H,10,11,14). The first-order valence-corrected chi connectivity index (χ1v) is 5.34.